The van der Waals surface area contributed by atoms with Gasteiger partial charge in [-0.1, -0.05) is 0 Å². The maximum absolute atomic E-state index is 11.0. The molecule has 0 N–H and O–H groups in total. The fraction of sp³-hybridized carbons (Fsp3) is 0.364. The second-order valence-corrected chi connectivity index (χ2v) is 3.41. The normalized spacial score (nSPS) is 12.7. The summed E-state index contributed by atoms with van der Waals surface area (Å²) in [7, 11) is 1.56. The van der Waals surface area contributed by atoms with Crippen LogP contribution in [0.15, 0.2) is 12.1 Å². The Morgan fingerprint density at radius 3 is 2.93 bits per heavy atom. The highest BCUT2D eigenvalue weighted by Gasteiger charge is 2.20. The fourth-order valence-electron chi connectivity index (χ4n) is 1.57. The van der Waals surface area contributed by atoms with Gasteiger partial charge in [0.15, 0.2) is 11.5 Å². The first kappa shape index (κ1) is 9.83. The third kappa shape index (κ3) is 1.88. The Bertz CT molecular complexity index is 398. The molecule has 0 amide bonds. The smallest absolute Gasteiger partial charge is 0.231 e. The van der Waals surface area contributed by atoms with E-state index in [1.165, 1.54) is 0 Å². The summed E-state index contributed by atoms with van der Waals surface area (Å²) in [5.41, 5.74) is 0.878. The van der Waals surface area contributed by atoms with Crippen LogP contribution in [-0.2, 0) is 11.2 Å². The van der Waals surface area contributed by atoms with Crippen molar-refractivity contribution in [3.05, 3.63) is 17.7 Å². The maximum Gasteiger partial charge on any atom is 0.231 e. The van der Waals surface area contributed by atoms with E-state index in [9.17, 15) is 4.79 Å². The van der Waals surface area contributed by atoms with Crippen LogP contribution in [0.1, 0.15) is 12.5 Å². The van der Waals surface area contributed by atoms with Crippen LogP contribution in [0.5, 0.6) is 17.2 Å². The average Bonchev–Trinajstić information content (AvgIpc) is 2.63. The van der Waals surface area contributed by atoms with E-state index in [4.69, 9.17) is 14.2 Å². The SMILES string of the molecule is COc1cc(CC(C)=O)cc2c1OCO2. The first-order valence-corrected chi connectivity index (χ1v) is 4.66. The fourth-order valence-corrected chi connectivity index (χ4v) is 1.57. The molecular weight excluding hydrogens is 196 g/mol. The Balaban J connectivity index is 2.38. The van der Waals surface area contributed by atoms with E-state index in [0.717, 1.165) is 5.56 Å². The van der Waals surface area contributed by atoms with Gasteiger partial charge in [-0.15, -0.1) is 0 Å². The molecule has 80 valence electrons. The Morgan fingerprint density at radius 1 is 1.47 bits per heavy atom. The summed E-state index contributed by atoms with van der Waals surface area (Å²) < 4.78 is 15.7. The van der Waals surface area contributed by atoms with Crippen molar-refractivity contribution in [2.75, 3.05) is 13.9 Å². The summed E-state index contributed by atoms with van der Waals surface area (Å²) in [4.78, 5) is 11.0. The molecular formula is C11H12O4. The van der Waals surface area contributed by atoms with Crippen LogP contribution in [0.25, 0.3) is 0 Å². The first-order chi connectivity index (χ1) is 7.20. The summed E-state index contributed by atoms with van der Waals surface area (Å²) >= 11 is 0. The molecule has 1 heterocycles. The minimum atomic E-state index is 0.107. The molecule has 0 aliphatic carbocycles. The van der Waals surface area contributed by atoms with Gasteiger partial charge in [0, 0.05) is 6.42 Å². The van der Waals surface area contributed by atoms with Gasteiger partial charge in [0.25, 0.3) is 0 Å². The monoisotopic (exact) mass is 208 g/mol. The molecule has 4 heteroatoms. The van der Waals surface area contributed by atoms with E-state index in [-0.39, 0.29) is 12.6 Å². The minimum Gasteiger partial charge on any atom is -0.493 e. The number of hydrogen-bond acceptors (Lipinski definition) is 4. The summed E-state index contributed by atoms with van der Waals surface area (Å²) in [5, 5.41) is 0. The van der Waals surface area contributed by atoms with Gasteiger partial charge >= 0.3 is 0 Å². The van der Waals surface area contributed by atoms with Crippen molar-refractivity contribution in [2.45, 2.75) is 13.3 Å². The molecule has 4 nitrogen and oxygen atoms in total. The zero-order chi connectivity index (χ0) is 10.8. The van der Waals surface area contributed by atoms with Crippen LogP contribution in [-0.4, -0.2) is 19.7 Å². The standard InChI is InChI=1S/C11H12O4/c1-7(12)3-8-4-9(13-2)11-10(5-8)14-6-15-11/h4-5H,3,6H2,1-2H3. The maximum atomic E-state index is 11.0. The third-order valence-corrected chi connectivity index (χ3v) is 2.17. The summed E-state index contributed by atoms with van der Waals surface area (Å²) in [6.07, 6.45) is 0.382. The molecule has 0 fully saturated rings. The second kappa shape index (κ2) is 3.81. The number of benzene rings is 1. The topological polar surface area (TPSA) is 44.8 Å². The summed E-state index contributed by atoms with van der Waals surface area (Å²) in [6, 6.07) is 3.61. The Morgan fingerprint density at radius 2 is 2.27 bits per heavy atom. The lowest BCUT2D eigenvalue weighted by molar-refractivity contribution is -0.116. The zero-order valence-electron chi connectivity index (χ0n) is 8.70. The molecule has 1 aliphatic rings. The van der Waals surface area contributed by atoms with Crippen molar-refractivity contribution in [2.24, 2.45) is 0 Å². The van der Waals surface area contributed by atoms with Crippen LogP contribution in [0.3, 0.4) is 0 Å². The highest BCUT2D eigenvalue weighted by atomic mass is 16.7. The number of carbonyl (C=O) groups excluding carboxylic acids is 1. The molecule has 0 atom stereocenters. The van der Waals surface area contributed by atoms with Gasteiger partial charge < -0.3 is 14.2 Å². The first-order valence-electron chi connectivity index (χ1n) is 4.66. The molecule has 0 aromatic heterocycles. The van der Waals surface area contributed by atoms with E-state index >= 15 is 0 Å². The lowest BCUT2D eigenvalue weighted by atomic mass is 10.1. The lowest BCUT2D eigenvalue weighted by Gasteiger charge is -2.06. The van der Waals surface area contributed by atoms with Gasteiger partial charge in [-0.2, -0.15) is 0 Å². The predicted octanol–water partition coefficient (Wildman–Crippen LogP) is 1.56. The Kier molecular flexibility index (Phi) is 2.49. The molecule has 1 aromatic rings. The van der Waals surface area contributed by atoms with Crippen molar-refractivity contribution in [1.29, 1.82) is 0 Å². The number of Topliss-reactive ketones (excluding diaryl/α,β-unsaturated/α-hetero) is 1. The van der Waals surface area contributed by atoms with E-state index in [0.29, 0.717) is 23.7 Å². The van der Waals surface area contributed by atoms with Crippen molar-refractivity contribution >= 4 is 5.78 Å². The summed E-state index contributed by atoms with van der Waals surface area (Å²) in [6.45, 7) is 1.76. The van der Waals surface area contributed by atoms with E-state index in [1.54, 1.807) is 20.1 Å². The van der Waals surface area contributed by atoms with Gasteiger partial charge in [0.1, 0.15) is 5.78 Å². The molecule has 1 aromatic carbocycles. The third-order valence-electron chi connectivity index (χ3n) is 2.17. The van der Waals surface area contributed by atoms with E-state index in [2.05, 4.69) is 0 Å². The van der Waals surface area contributed by atoms with E-state index < -0.39 is 0 Å². The zero-order valence-corrected chi connectivity index (χ0v) is 8.70. The molecule has 0 bridgehead atoms. The van der Waals surface area contributed by atoms with Crippen LogP contribution in [0.4, 0.5) is 0 Å². The Hall–Kier alpha value is -1.71. The minimum absolute atomic E-state index is 0.107. The second-order valence-electron chi connectivity index (χ2n) is 3.41. The highest BCUT2D eigenvalue weighted by Crippen LogP contribution is 2.41. The van der Waals surface area contributed by atoms with E-state index in [1.807, 2.05) is 6.07 Å². The number of rotatable bonds is 3. The van der Waals surface area contributed by atoms with Crippen molar-refractivity contribution in [3.63, 3.8) is 0 Å². The average molecular weight is 208 g/mol. The quantitative estimate of drug-likeness (QED) is 0.756. The van der Waals surface area contributed by atoms with Crippen LogP contribution >= 0.6 is 0 Å². The Labute approximate surface area is 87.8 Å². The van der Waals surface area contributed by atoms with Crippen molar-refractivity contribution in [1.82, 2.24) is 0 Å². The van der Waals surface area contributed by atoms with Crippen LogP contribution < -0.4 is 14.2 Å². The van der Waals surface area contributed by atoms with Gasteiger partial charge in [0.2, 0.25) is 12.5 Å². The molecule has 15 heavy (non-hydrogen) atoms. The molecule has 0 saturated carbocycles. The molecule has 0 spiro atoms. The molecule has 0 unspecified atom stereocenters. The van der Waals surface area contributed by atoms with Crippen molar-refractivity contribution in [3.8, 4) is 17.2 Å². The number of ether oxygens (including phenoxy) is 3. The van der Waals surface area contributed by atoms with Gasteiger partial charge in [-0.05, 0) is 24.6 Å². The number of hydrogen-bond donors (Lipinski definition) is 0. The molecule has 0 radical (unpaired) electrons. The van der Waals surface area contributed by atoms with Crippen LogP contribution in [0, 0.1) is 0 Å². The van der Waals surface area contributed by atoms with Gasteiger partial charge in [-0.3, -0.25) is 4.79 Å². The van der Waals surface area contributed by atoms with Crippen LogP contribution in [0.2, 0.25) is 0 Å². The highest BCUT2D eigenvalue weighted by molar-refractivity contribution is 5.78. The largest absolute Gasteiger partial charge is 0.493 e. The van der Waals surface area contributed by atoms with Crippen molar-refractivity contribution < 1.29 is 19.0 Å². The summed E-state index contributed by atoms with van der Waals surface area (Å²) in [5.74, 6) is 1.98. The number of carbonyl (C=O) groups is 1. The number of ketones is 1. The molecule has 0 saturated heterocycles. The number of fused-ring (bicyclic) bond motifs is 1. The predicted molar refractivity (Wildman–Crippen MR) is 53.5 cm³/mol. The number of methoxy groups -OCH3 is 1. The molecule has 1 aliphatic heterocycles. The molecule has 2 rings (SSSR count). The van der Waals surface area contributed by atoms with Gasteiger partial charge in [0.05, 0.1) is 7.11 Å². The van der Waals surface area contributed by atoms with Gasteiger partial charge in [-0.25, -0.2) is 0 Å². The lowest BCUT2D eigenvalue weighted by Crippen LogP contribution is -1.97.